The number of benzene rings is 2. The Balaban J connectivity index is 1.86. The molecular formula is C20H16N2. The number of hydrogen-bond acceptors (Lipinski definition) is 1. The molecule has 0 atom stereocenters. The van der Waals surface area contributed by atoms with Crippen LogP contribution in [0.15, 0.2) is 72.9 Å². The molecule has 2 nitrogen and oxygen atoms in total. The molecule has 0 fully saturated rings. The number of pyridine rings is 1. The predicted octanol–water partition coefficient (Wildman–Crippen LogP) is 5.21. The largest absolute Gasteiger partial charge is 0.361 e. The first-order valence-corrected chi connectivity index (χ1v) is 7.41. The summed E-state index contributed by atoms with van der Waals surface area (Å²) in [5.74, 6) is 0. The van der Waals surface area contributed by atoms with Gasteiger partial charge in [0.25, 0.3) is 0 Å². The van der Waals surface area contributed by atoms with Gasteiger partial charge in [0.05, 0.1) is 5.69 Å². The molecule has 4 aromatic rings. The van der Waals surface area contributed by atoms with Gasteiger partial charge in [-0.05, 0) is 53.8 Å². The monoisotopic (exact) mass is 284 g/mol. The summed E-state index contributed by atoms with van der Waals surface area (Å²) in [6.45, 7) is 2.05. The highest BCUT2D eigenvalue weighted by Gasteiger charge is 2.06. The molecule has 0 aliphatic carbocycles. The molecular weight excluding hydrogens is 268 g/mol. The summed E-state index contributed by atoms with van der Waals surface area (Å²) < 4.78 is 0. The molecule has 0 amide bonds. The van der Waals surface area contributed by atoms with Crippen molar-refractivity contribution in [2.45, 2.75) is 6.92 Å². The van der Waals surface area contributed by atoms with Crippen LogP contribution in [-0.2, 0) is 0 Å². The summed E-state index contributed by atoms with van der Waals surface area (Å²) in [5, 5.41) is 1.23. The molecule has 0 spiro atoms. The summed E-state index contributed by atoms with van der Waals surface area (Å²) in [7, 11) is 0. The molecule has 106 valence electrons. The Kier molecular flexibility index (Phi) is 3.01. The summed E-state index contributed by atoms with van der Waals surface area (Å²) in [4.78, 5) is 7.91. The molecule has 0 saturated carbocycles. The van der Waals surface area contributed by atoms with Crippen molar-refractivity contribution in [3.8, 4) is 22.4 Å². The molecule has 1 N–H and O–H groups in total. The van der Waals surface area contributed by atoms with Crippen molar-refractivity contribution in [3.05, 3.63) is 78.6 Å². The lowest BCUT2D eigenvalue weighted by molar-refractivity contribution is 1.21. The third-order valence-electron chi connectivity index (χ3n) is 3.91. The molecule has 2 heteroatoms. The Bertz CT molecular complexity index is 936. The van der Waals surface area contributed by atoms with Crippen molar-refractivity contribution in [1.82, 2.24) is 9.97 Å². The van der Waals surface area contributed by atoms with Gasteiger partial charge in [0.2, 0.25) is 0 Å². The average molecular weight is 284 g/mol. The van der Waals surface area contributed by atoms with Gasteiger partial charge in [-0.25, -0.2) is 0 Å². The van der Waals surface area contributed by atoms with Gasteiger partial charge >= 0.3 is 0 Å². The van der Waals surface area contributed by atoms with Gasteiger partial charge in [-0.3, -0.25) is 4.98 Å². The van der Waals surface area contributed by atoms with E-state index in [1.807, 2.05) is 31.3 Å². The third kappa shape index (κ3) is 2.29. The lowest BCUT2D eigenvalue weighted by Crippen LogP contribution is -1.89. The van der Waals surface area contributed by atoms with Crippen LogP contribution < -0.4 is 0 Å². The number of H-pyrrole nitrogens is 1. The fourth-order valence-electron chi connectivity index (χ4n) is 2.82. The van der Waals surface area contributed by atoms with Crippen LogP contribution in [0.3, 0.4) is 0 Å². The number of fused-ring (bicyclic) bond motifs is 1. The highest BCUT2D eigenvalue weighted by molar-refractivity contribution is 5.85. The number of nitrogens with one attached hydrogen (secondary N) is 1. The minimum atomic E-state index is 1.02. The van der Waals surface area contributed by atoms with Gasteiger partial charge < -0.3 is 4.98 Å². The van der Waals surface area contributed by atoms with Crippen LogP contribution in [0.4, 0.5) is 0 Å². The fraction of sp³-hybridized carbons (Fsp3) is 0.0500. The molecule has 2 aromatic heterocycles. The molecule has 4 rings (SSSR count). The maximum atomic E-state index is 4.68. The van der Waals surface area contributed by atoms with Crippen LogP contribution >= 0.6 is 0 Å². The molecule has 22 heavy (non-hydrogen) atoms. The zero-order chi connectivity index (χ0) is 14.9. The van der Waals surface area contributed by atoms with E-state index in [4.69, 9.17) is 0 Å². The second-order valence-electron chi connectivity index (χ2n) is 5.53. The van der Waals surface area contributed by atoms with Gasteiger partial charge in [0.1, 0.15) is 0 Å². The zero-order valence-electron chi connectivity index (χ0n) is 12.4. The van der Waals surface area contributed by atoms with Crippen LogP contribution in [0, 0.1) is 6.92 Å². The molecule has 0 bridgehead atoms. The second-order valence-corrected chi connectivity index (χ2v) is 5.53. The topological polar surface area (TPSA) is 28.7 Å². The van der Waals surface area contributed by atoms with Crippen molar-refractivity contribution in [1.29, 1.82) is 0 Å². The number of nitrogens with zero attached hydrogens (tertiary/aromatic N) is 1. The van der Waals surface area contributed by atoms with E-state index in [0.717, 1.165) is 22.5 Å². The van der Waals surface area contributed by atoms with Crippen molar-refractivity contribution in [2.24, 2.45) is 0 Å². The lowest BCUT2D eigenvalue weighted by Gasteiger charge is -2.08. The Labute approximate surface area is 129 Å². The van der Waals surface area contributed by atoms with E-state index in [2.05, 4.69) is 58.5 Å². The first-order chi connectivity index (χ1) is 10.8. The number of rotatable bonds is 2. The molecule has 0 aliphatic heterocycles. The Morgan fingerprint density at radius 1 is 0.773 bits per heavy atom. The minimum Gasteiger partial charge on any atom is -0.361 e. The van der Waals surface area contributed by atoms with E-state index >= 15 is 0 Å². The molecule has 2 aromatic carbocycles. The van der Waals surface area contributed by atoms with E-state index in [0.29, 0.717) is 0 Å². The SMILES string of the molecule is Cc1cc(-c2ccc3[nH]ccc3c2)cc(-c2ccccc2)n1. The highest BCUT2D eigenvalue weighted by atomic mass is 14.7. The molecule has 2 heterocycles. The summed E-state index contributed by atoms with van der Waals surface area (Å²) in [6, 6.07) is 23.2. The van der Waals surface area contributed by atoms with E-state index in [1.54, 1.807) is 0 Å². The smallest absolute Gasteiger partial charge is 0.0711 e. The minimum absolute atomic E-state index is 1.02. The Morgan fingerprint density at radius 2 is 1.64 bits per heavy atom. The van der Waals surface area contributed by atoms with Crippen LogP contribution in [-0.4, -0.2) is 9.97 Å². The van der Waals surface area contributed by atoms with Crippen LogP contribution in [0.25, 0.3) is 33.3 Å². The van der Waals surface area contributed by atoms with Crippen molar-refractivity contribution < 1.29 is 0 Å². The number of hydrogen-bond donors (Lipinski definition) is 1. The van der Waals surface area contributed by atoms with Crippen LogP contribution in [0.5, 0.6) is 0 Å². The maximum Gasteiger partial charge on any atom is 0.0711 e. The summed E-state index contributed by atoms with van der Waals surface area (Å²) in [5.41, 5.74) is 6.78. The van der Waals surface area contributed by atoms with Crippen molar-refractivity contribution >= 4 is 10.9 Å². The van der Waals surface area contributed by atoms with E-state index in [1.165, 1.54) is 16.5 Å². The second kappa shape index (κ2) is 5.15. The van der Waals surface area contributed by atoms with Gasteiger partial charge in [0, 0.05) is 23.0 Å². The summed E-state index contributed by atoms with van der Waals surface area (Å²) in [6.07, 6.45) is 1.97. The zero-order valence-corrected chi connectivity index (χ0v) is 12.4. The van der Waals surface area contributed by atoms with Crippen LogP contribution in [0.2, 0.25) is 0 Å². The molecule has 0 unspecified atom stereocenters. The third-order valence-corrected chi connectivity index (χ3v) is 3.91. The predicted molar refractivity (Wildman–Crippen MR) is 91.7 cm³/mol. The summed E-state index contributed by atoms with van der Waals surface area (Å²) >= 11 is 0. The first kappa shape index (κ1) is 12.8. The van der Waals surface area contributed by atoms with E-state index in [-0.39, 0.29) is 0 Å². The average Bonchev–Trinajstić information content (AvgIpc) is 3.02. The Hall–Kier alpha value is -2.87. The standard InChI is InChI=1S/C20H16N2/c1-14-11-18(13-20(22-14)15-5-3-2-4-6-15)16-7-8-19-17(12-16)9-10-21-19/h2-13,21H,1H3. The highest BCUT2D eigenvalue weighted by Crippen LogP contribution is 2.28. The number of aryl methyl sites for hydroxylation is 1. The van der Waals surface area contributed by atoms with E-state index in [9.17, 15) is 0 Å². The Morgan fingerprint density at radius 3 is 2.50 bits per heavy atom. The van der Waals surface area contributed by atoms with Crippen LogP contribution in [0.1, 0.15) is 5.69 Å². The fourth-order valence-corrected chi connectivity index (χ4v) is 2.82. The van der Waals surface area contributed by atoms with Gasteiger partial charge in [-0.15, -0.1) is 0 Å². The molecule has 0 radical (unpaired) electrons. The van der Waals surface area contributed by atoms with E-state index < -0.39 is 0 Å². The van der Waals surface area contributed by atoms with Gasteiger partial charge in [-0.1, -0.05) is 36.4 Å². The van der Waals surface area contributed by atoms with Gasteiger partial charge in [0.15, 0.2) is 0 Å². The van der Waals surface area contributed by atoms with Crippen molar-refractivity contribution in [2.75, 3.05) is 0 Å². The number of aromatic nitrogens is 2. The normalized spacial score (nSPS) is 11.0. The molecule has 0 aliphatic rings. The van der Waals surface area contributed by atoms with Gasteiger partial charge in [-0.2, -0.15) is 0 Å². The maximum absolute atomic E-state index is 4.68. The number of aromatic amines is 1. The first-order valence-electron chi connectivity index (χ1n) is 7.41. The molecule has 0 saturated heterocycles. The quantitative estimate of drug-likeness (QED) is 0.538. The lowest BCUT2D eigenvalue weighted by atomic mass is 10.0. The van der Waals surface area contributed by atoms with Crippen molar-refractivity contribution in [3.63, 3.8) is 0 Å².